The molecule has 5 heteroatoms. The Morgan fingerprint density at radius 3 is 2.75 bits per heavy atom. The van der Waals surface area contributed by atoms with Crippen molar-refractivity contribution in [3.63, 3.8) is 0 Å². The van der Waals surface area contributed by atoms with Gasteiger partial charge in [0.2, 0.25) is 5.91 Å². The van der Waals surface area contributed by atoms with Gasteiger partial charge in [0.05, 0.1) is 0 Å². The fourth-order valence-corrected chi connectivity index (χ4v) is 1.40. The minimum Gasteiger partial charge on any atom is -0.481 e. The molecular weight excluding hydrogens is 208 g/mol. The molecule has 0 aliphatic carbocycles. The molecule has 0 saturated heterocycles. The number of rotatable bonds is 6. The van der Waals surface area contributed by atoms with Gasteiger partial charge < -0.3 is 15.0 Å². The molecule has 1 rings (SSSR count). The normalized spacial score (nSPS) is 10.1. The zero-order chi connectivity index (χ0) is 12.0. The smallest absolute Gasteiger partial charge is 0.303 e. The largest absolute Gasteiger partial charge is 0.481 e. The Morgan fingerprint density at radius 1 is 1.44 bits per heavy atom. The van der Waals surface area contributed by atoms with Crippen molar-refractivity contribution in [3.8, 4) is 0 Å². The number of carbonyl (C=O) groups excluding carboxylic acids is 1. The van der Waals surface area contributed by atoms with Crippen LogP contribution in [0.15, 0.2) is 18.5 Å². The molecule has 1 amide bonds. The molecular formula is C11H16N2O3. The van der Waals surface area contributed by atoms with Crippen LogP contribution in [-0.4, -0.2) is 33.9 Å². The van der Waals surface area contributed by atoms with Crippen LogP contribution in [0.25, 0.3) is 0 Å². The van der Waals surface area contributed by atoms with Crippen LogP contribution < -0.4 is 0 Å². The summed E-state index contributed by atoms with van der Waals surface area (Å²) in [5, 5.41) is 8.44. The Bertz CT molecular complexity index is 346. The van der Waals surface area contributed by atoms with Crippen LogP contribution in [0, 0.1) is 0 Å². The number of aliphatic carboxylic acids is 1. The van der Waals surface area contributed by atoms with Crippen LogP contribution in [0.1, 0.15) is 24.8 Å². The zero-order valence-electron chi connectivity index (χ0n) is 9.27. The molecule has 0 saturated carbocycles. The number of aromatic nitrogens is 1. The quantitative estimate of drug-likeness (QED) is 0.763. The number of hydrogen-bond donors (Lipinski definition) is 2. The Morgan fingerprint density at radius 2 is 2.19 bits per heavy atom. The number of carboxylic acids is 1. The van der Waals surface area contributed by atoms with Gasteiger partial charge in [0.15, 0.2) is 0 Å². The first-order chi connectivity index (χ1) is 7.59. The molecule has 16 heavy (non-hydrogen) atoms. The van der Waals surface area contributed by atoms with Crippen LogP contribution >= 0.6 is 0 Å². The van der Waals surface area contributed by atoms with E-state index in [0.29, 0.717) is 13.0 Å². The maximum atomic E-state index is 11.6. The minimum absolute atomic E-state index is 0.0255. The number of nitrogens with one attached hydrogen (secondary N) is 1. The molecule has 0 spiro atoms. The second-order valence-electron chi connectivity index (χ2n) is 3.72. The van der Waals surface area contributed by atoms with Crippen molar-refractivity contribution in [2.24, 2.45) is 0 Å². The standard InChI is InChI=1S/C11H16N2O3/c1-13(8-9-5-6-12-7-9)10(14)3-2-4-11(15)16/h5-7,12H,2-4,8H2,1H3,(H,15,16). The Kier molecular flexibility index (Phi) is 4.57. The molecule has 0 radical (unpaired) electrons. The van der Waals surface area contributed by atoms with Gasteiger partial charge in [0.25, 0.3) is 0 Å². The molecule has 1 aromatic rings. The fourth-order valence-electron chi connectivity index (χ4n) is 1.40. The van der Waals surface area contributed by atoms with E-state index in [2.05, 4.69) is 4.98 Å². The number of nitrogens with zero attached hydrogens (tertiary/aromatic N) is 1. The van der Waals surface area contributed by atoms with Crippen LogP contribution in [0.3, 0.4) is 0 Å². The van der Waals surface area contributed by atoms with Gasteiger partial charge in [-0.1, -0.05) is 0 Å². The van der Waals surface area contributed by atoms with Crippen LogP contribution in [0.2, 0.25) is 0 Å². The molecule has 5 nitrogen and oxygen atoms in total. The molecule has 1 aromatic heterocycles. The number of aromatic amines is 1. The second-order valence-corrected chi connectivity index (χ2v) is 3.72. The fraction of sp³-hybridized carbons (Fsp3) is 0.455. The number of carbonyl (C=O) groups is 2. The van der Waals surface area contributed by atoms with Crippen molar-refractivity contribution in [3.05, 3.63) is 24.0 Å². The Balaban J connectivity index is 2.28. The van der Waals surface area contributed by atoms with Gasteiger partial charge in [0, 0.05) is 38.8 Å². The highest BCUT2D eigenvalue weighted by Crippen LogP contribution is 2.05. The van der Waals surface area contributed by atoms with Crippen LogP contribution in [0.5, 0.6) is 0 Å². The van der Waals surface area contributed by atoms with E-state index in [-0.39, 0.29) is 18.7 Å². The van der Waals surface area contributed by atoms with E-state index in [1.54, 1.807) is 18.1 Å². The predicted octanol–water partition coefficient (Wildman–Crippen LogP) is 1.23. The number of hydrogen-bond acceptors (Lipinski definition) is 2. The lowest BCUT2D eigenvalue weighted by Gasteiger charge is -2.15. The Labute approximate surface area is 94.1 Å². The number of carboxylic acid groups (broad SMARTS) is 1. The first kappa shape index (κ1) is 12.3. The molecule has 0 aliphatic heterocycles. The highest BCUT2D eigenvalue weighted by molar-refractivity contribution is 5.76. The van der Waals surface area contributed by atoms with Crippen molar-refractivity contribution in [2.45, 2.75) is 25.8 Å². The van der Waals surface area contributed by atoms with E-state index >= 15 is 0 Å². The summed E-state index contributed by atoms with van der Waals surface area (Å²) in [6.07, 6.45) is 4.36. The third-order valence-corrected chi connectivity index (χ3v) is 2.29. The monoisotopic (exact) mass is 224 g/mol. The van der Waals surface area contributed by atoms with E-state index in [1.807, 2.05) is 12.3 Å². The van der Waals surface area contributed by atoms with E-state index in [9.17, 15) is 9.59 Å². The average Bonchev–Trinajstić information content (AvgIpc) is 2.69. The van der Waals surface area contributed by atoms with E-state index in [1.165, 1.54) is 0 Å². The van der Waals surface area contributed by atoms with Gasteiger partial charge in [-0.15, -0.1) is 0 Å². The summed E-state index contributed by atoms with van der Waals surface area (Å²) in [6, 6.07) is 1.90. The zero-order valence-corrected chi connectivity index (χ0v) is 9.27. The van der Waals surface area contributed by atoms with Gasteiger partial charge in [-0.3, -0.25) is 9.59 Å². The van der Waals surface area contributed by atoms with E-state index < -0.39 is 5.97 Å². The third-order valence-electron chi connectivity index (χ3n) is 2.29. The van der Waals surface area contributed by atoms with Crippen molar-refractivity contribution in [1.82, 2.24) is 9.88 Å². The summed E-state index contributed by atoms with van der Waals surface area (Å²) < 4.78 is 0. The lowest BCUT2D eigenvalue weighted by Crippen LogP contribution is -2.25. The summed E-state index contributed by atoms with van der Waals surface area (Å²) in [7, 11) is 1.72. The predicted molar refractivity (Wildman–Crippen MR) is 58.8 cm³/mol. The van der Waals surface area contributed by atoms with Gasteiger partial charge in [-0.25, -0.2) is 0 Å². The first-order valence-corrected chi connectivity index (χ1v) is 5.17. The summed E-state index contributed by atoms with van der Waals surface area (Å²) >= 11 is 0. The lowest BCUT2D eigenvalue weighted by molar-refractivity contribution is -0.137. The molecule has 1 heterocycles. The van der Waals surface area contributed by atoms with Crippen molar-refractivity contribution >= 4 is 11.9 Å². The summed E-state index contributed by atoms with van der Waals surface area (Å²) in [4.78, 5) is 26.4. The highest BCUT2D eigenvalue weighted by atomic mass is 16.4. The third kappa shape index (κ3) is 4.16. The summed E-state index contributed by atoms with van der Waals surface area (Å²) in [5.74, 6) is -0.886. The molecule has 0 aliphatic rings. The van der Waals surface area contributed by atoms with E-state index in [4.69, 9.17) is 5.11 Å². The minimum atomic E-state index is -0.860. The molecule has 0 aromatic carbocycles. The van der Waals surface area contributed by atoms with Crippen molar-refractivity contribution in [2.75, 3.05) is 7.05 Å². The molecule has 0 atom stereocenters. The number of amides is 1. The van der Waals surface area contributed by atoms with E-state index in [0.717, 1.165) is 5.56 Å². The molecule has 0 fully saturated rings. The second kappa shape index (κ2) is 5.95. The van der Waals surface area contributed by atoms with Gasteiger partial charge >= 0.3 is 5.97 Å². The summed E-state index contributed by atoms with van der Waals surface area (Å²) in [6.45, 7) is 0.551. The first-order valence-electron chi connectivity index (χ1n) is 5.17. The average molecular weight is 224 g/mol. The molecule has 88 valence electrons. The molecule has 2 N–H and O–H groups in total. The SMILES string of the molecule is CN(Cc1cc[nH]c1)C(=O)CCCC(=O)O. The topological polar surface area (TPSA) is 73.4 Å². The van der Waals surface area contributed by atoms with Gasteiger partial charge in [-0.05, 0) is 18.1 Å². The van der Waals surface area contributed by atoms with Crippen LogP contribution in [0.4, 0.5) is 0 Å². The van der Waals surface area contributed by atoms with Crippen molar-refractivity contribution in [1.29, 1.82) is 0 Å². The van der Waals surface area contributed by atoms with Gasteiger partial charge in [0.1, 0.15) is 0 Å². The maximum absolute atomic E-state index is 11.6. The Hall–Kier alpha value is -1.78. The highest BCUT2D eigenvalue weighted by Gasteiger charge is 2.09. The molecule has 0 bridgehead atoms. The number of H-pyrrole nitrogens is 1. The van der Waals surface area contributed by atoms with Crippen molar-refractivity contribution < 1.29 is 14.7 Å². The van der Waals surface area contributed by atoms with Crippen LogP contribution in [-0.2, 0) is 16.1 Å². The maximum Gasteiger partial charge on any atom is 0.303 e. The van der Waals surface area contributed by atoms with Gasteiger partial charge in [-0.2, -0.15) is 0 Å². The summed E-state index contributed by atoms with van der Waals surface area (Å²) in [5.41, 5.74) is 1.04. The molecule has 0 unspecified atom stereocenters. The lowest BCUT2D eigenvalue weighted by atomic mass is 10.2.